The molecule has 0 radical (unpaired) electrons. The van der Waals surface area contributed by atoms with E-state index in [1.54, 1.807) is 26.8 Å². The van der Waals surface area contributed by atoms with Crippen molar-refractivity contribution in [1.29, 1.82) is 0 Å². The Morgan fingerprint density at radius 2 is 1.77 bits per heavy atom. The minimum Gasteiger partial charge on any atom is -0.480 e. The molecule has 3 aliphatic rings. The van der Waals surface area contributed by atoms with Gasteiger partial charge in [-0.1, -0.05) is 67.5 Å². The summed E-state index contributed by atoms with van der Waals surface area (Å²) in [7, 11) is 0. The number of rotatable bonds is 5. The number of hydrogen-bond donors (Lipinski definition) is 4. The first-order chi connectivity index (χ1) is 24.8. The van der Waals surface area contributed by atoms with Crippen molar-refractivity contribution in [1.82, 2.24) is 25.3 Å². The number of hydrogen-bond acceptors (Lipinski definition) is 8. The number of benzene rings is 2. The lowest BCUT2D eigenvalue weighted by Crippen LogP contribution is -2.58. The molecular weight excluding hydrogens is 669 g/mol. The van der Waals surface area contributed by atoms with Crippen LogP contribution in [0.5, 0.6) is 0 Å². The number of ether oxygens (including phenoxy) is 1. The molecule has 4 N–H and O–H groups in total. The SMILES string of the molecule is CC(C)(C)OC(=O)N[C@@H]1CCCCC/C=C\[C@@H]2C[C@]2(C(=O)O)N[C@@H](O)C2C[C@H](n3nc(-c4ccccc4)cc(-c4ccc(F)cc4)c3=O)CN2C1=O. The molecule has 3 heterocycles. The number of aliphatic hydroxyl groups is 1. The highest BCUT2D eigenvalue weighted by molar-refractivity contribution is 5.86. The Kier molecular flexibility index (Phi) is 10.6. The van der Waals surface area contributed by atoms with Crippen LogP contribution in [0.1, 0.15) is 71.8 Å². The number of nitrogens with one attached hydrogen (secondary N) is 2. The molecular formula is C39H46FN5O7. The molecule has 1 aromatic heterocycles. The van der Waals surface area contributed by atoms with Gasteiger partial charge in [-0.3, -0.25) is 19.7 Å². The summed E-state index contributed by atoms with van der Waals surface area (Å²) in [6.07, 6.45) is 5.10. The van der Waals surface area contributed by atoms with Crippen LogP contribution >= 0.6 is 0 Å². The molecule has 0 bridgehead atoms. The lowest BCUT2D eigenvalue weighted by molar-refractivity contribution is -0.143. The van der Waals surface area contributed by atoms with Crippen LogP contribution in [-0.4, -0.2) is 78.9 Å². The maximum absolute atomic E-state index is 14.5. The summed E-state index contributed by atoms with van der Waals surface area (Å²) in [6.45, 7) is 5.10. The number of carboxylic acid groups (broad SMARTS) is 1. The first-order valence-corrected chi connectivity index (χ1v) is 17.9. The zero-order chi connectivity index (χ0) is 37.2. The largest absolute Gasteiger partial charge is 0.480 e. The Balaban J connectivity index is 1.41. The molecule has 52 heavy (non-hydrogen) atoms. The van der Waals surface area contributed by atoms with Crippen molar-refractivity contribution in [2.45, 2.75) is 101 Å². The molecule has 2 fully saturated rings. The number of aromatic nitrogens is 2. The van der Waals surface area contributed by atoms with E-state index in [0.717, 1.165) is 24.8 Å². The Morgan fingerprint density at radius 1 is 1.04 bits per heavy atom. The van der Waals surface area contributed by atoms with Crippen LogP contribution in [0.2, 0.25) is 0 Å². The summed E-state index contributed by atoms with van der Waals surface area (Å²) < 4.78 is 20.7. The van der Waals surface area contributed by atoms with Gasteiger partial charge in [0.25, 0.3) is 5.56 Å². The Hall–Kier alpha value is -4.88. The summed E-state index contributed by atoms with van der Waals surface area (Å²) in [5.74, 6) is -2.41. The molecule has 1 saturated heterocycles. The summed E-state index contributed by atoms with van der Waals surface area (Å²) in [5, 5.41) is 32.5. The molecule has 12 nitrogen and oxygen atoms in total. The molecule has 1 unspecified atom stereocenters. The third-order valence-corrected chi connectivity index (χ3v) is 10.00. The standard InChI is InChI=1S/C39H46FN5O7/c1-38(2,3)52-37(51)41-30-15-11-6-4-5-10-14-26-22-39(26,36(49)50)42-33(46)32-20-28(23-44(32)35(30)48)45-34(47)29(24-16-18-27(40)19-17-24)21-31(43-45)25-12-8-7-9-13-25/h7-10,12-14,16-19,21,26,28,30,32-33,42,46H,4-6,11,15,20,22-23H2,1-3H3,(H,41,51)(H,49,50)/b14-10-/t26-,28+,30-,32?,33+,39+/m1/s1. The summed E-state index contributed by atoms with van der Waals surface area (Å²) in [5.41, 5.74) is -0.778. The van der Waals surface area contributed by atoms with Crippen LogP contribution in [0, 0.1) is 11.7 Å². The summed E-state index contributed by atoms with van der Waals surface area (Å²) in [4.78, 5) is 55.8. The van der Waals surface area contributed by atoms with Gasteiger partial charge in [0, 0.05) is 18.0 Å². The highest BCUT2D eigenvalue weighted by Crippen LogP contribution is 2.46. The number of nitrogens with zero attached hydrogens (tertiary/aromatic N) is 3. The molecule has 2 aromatic carbocycles. The van der Waals surface area contributed by atoms with Crippen molar-refractivity contribution in [2.24, 2.45) is 5.92 Å². The highest BCUT2D eigenvalue weighted by Gasteiger charge is 2.61. The monoisotopic (exact) mass is 715 g/mol. The number of aliphatic hydroxyl groups excluding tert-OH is 1. The van der Waals surface area contributed by atoms with E-state index in [1.165, 1.54) is 33.8 Å². The third-order valence-electron chi connectivity index (χ3n) is 10.00. The number of allylic oxidation sites excluding steroid dienone is 1. The van der Waals surface area contributed by atoms with Crippen molar-refractivity contribution < 1.29 is 33.7 Å². The van der Waals surface area contributed by atoms with E-state index in [-0.39, 0.29) is 30.9 Å². The van der Waals surface area contributed by atoms with Crippen LogP contribution in [0.15, 0.2) is 77.6 Å². The highest BCUT2D eigenvalue weighted by atomic mass is 19.1. The molecule has 1 aliphatic carbocycles. The molecule has 2 aliphatic heterocycles. The van der Waals surface area contributed by atoms with Crippen LogP contribution in [-0.2, 0) is 14.3 Å². The van der Waals surface area contributed by atoms with Gasteiger partial charge >= 0.3 is 12.1 Å². The van der Waals surface area contributed by atoms with Gasteiger partial charge in [-0.05, 0) is 76.6 Å². The fourth-order valence-corrected chi connectivity index (χ4v) is 7.23. The smallest absolute Gasteiger partial charge is 0.408 e. The van der Waals surface area contributed by atoms with Crippen LogP contribution in [0.3, 0.4) is 0 Å². The molecule has 6 atom stereocenters. The normalized spacial score (nSPS) is 27.4. The number of halogens is 1. The molecule has 276 valence electrons. The summed E-state index contributed by atoms with van der Waals surface area (Å²) in [6, 6.07) is 13.7. The van der Waals surface area contributed by atoms with E-state index >= 15 is 0 Å². The number of amides is 2. The minimum absolute atomic E-state index is 0.0449. The topological polar surface area (TPSA) is 163 Å². The second-order valence-corrected chi connectivity index (χ2v) is 15.0. The van der Waals surface area contributed by atoms with Gasteiger partial charge in [0.2, 0.25) is 5.91 Å². The van der Waals surface area contributed by atoms with Crippen LogP contribution in [0.4, 0.5) is 9.18 Å². The van der Waals surface area contributed by atoms with Gasteiger partial charge in [-0.25, -0.2) is 13.9 Å². The first kappa shape index (κ1) is 36.9. The lowest BCUT2D eigenvalue weighted by atomic mass is 10.0. The van der Waals surface area contributed by atoms with E-state index in [0.29, 0.717) is 24.1 Å². The van der Waals surface area contributed by atoms with Gasteiger partial charge < -0.3 is 25.2 Å². The van der Waals surface area contributed by atoms with E-state index < -0.39 is 64.8 Å². The van der Waals surface area contributed by atoms with Gasteiger partial charge in [0.15, 0.2) is 0 Å². The molecule has 3 aromatic rings. The van der Waals surface area contributed by atoms with Gasteiger partial charge in [0.1, 0.15) is 29.2 Å². The number of carboxylic acids is 1. The number of fused-ring (bicyclic) bond motifs is 2. The predicted molar refractivity (Wildman–Crippen MR) is 191 cm³/mol. The molecule has 1 saturated carbocycles. The third kappa shape index (κ3) is 8.10. The summed E-state index contributed by atoms with van der Waals surface area (Å²) >= 11 is 0. The molecule has 2 amide bonds. The van der Waals surface area contributed by atoms with Crippen LogP contribution < -0.4 is 16.2 Å². The number of carbonyl (C=O) groups excluding carboxylic acids is 2. The average Bonchev–Trinajstić information content (AvgIpc) is 3.61. The van der Waals surface area contributed by atoms with Crippen LogP contribution in [0.25, 0.3) is 22.4 Å². The second-order valence-electron chi connectivity index (χ2n) is 15.0. The Bertz CT molecular complexity index is 1880. The maximum atomic E-state index is 14.5. The second kappa shape index (κ2) is 15.0. The first-order valence-electron chi connectivity index (χ1n) is 17.9. The van der Waals surface area contributed by atoms with E-state index in [9.17, 15) is 33.8 Å². The zero-order valence-electron chi connectivity index (χ0n) is 29.6. The maximum Gasteiger partial charge on any atom is 0.408 e. The fourth-order valence-electron chi connectivity index (χ4n) is 7.23. The van der Waals surface area contributed by atoms with E-state index in [4.69, 9.17) is 9.84 Å². The van der Waals surface area contributed by atoms with Gasteiger partial charge in [-0.2, -0.15) is 5.10 Å². The van der Waals surface area contributed by atoms with Crippen molar-refractivity contribution in [2.75, 3.05) is 6.54 Å². The molecule has 13 heteroatoms. The van der Waals surface area contributed by atoms with Crippen molar-refractivity contribution in [3.05, 3.63) is 89.0 Å². The predicted octanol–water partition coefficient (Wildman–Crippen LogP) is 5.02. The number of aliphatic carboxylic acids is 1. The minimum atomic E-state index is -1.50. The van der Waals surface area contributed by atoms with Crippen molar-refractivity contribution >= 4 is 18.0 Å². The zero-order valence-corrected chi connectivity index (χ0v) is 29.6. The number of alkyl carbamates (subject to hydrolysis) is 1. The van der Waals surface area contributed by atoms with Gasteiger partial charge in [0.05, 0.1) is 23.3 Å². The van der Waals surface area contributed by atoms with E-state index in [2.05, 4.69) is 10.6 Å². The molecule has 6 rings (SSSR count). The number of carbonyl (C=O) groups is 3. The van der Waals surface area contributed by atoms with Crippen molar-refractivity contribution in [3.63, 3.8) is 0 Å². The van der Waals surface area contributed by atoms with Crippen molar-refractivity contribution in [3.8, 4) is 22.4 Å². The lowest BCUT2D eigenvalue weighted by Gasteiger charge is -2.33. The quantitative estimate of drug-likeness (QED) is 0.266. The van der Waals surface area contributed by atoms with Gasteiger partial charge in [-0.15, -0.1) is 0 Å². The average molecular weight is 716 g/mol. The Labute approximate surface area is 301 Å². The molecule has 0 spiro atoms. The fraction of sp³-hybridized carbons (Fsp3) is 0.462. The Morgan fingerprint density at radius 3 is 2.46 bits per heavy atom. The van der Waals surface area contributed by atoms with E-state index in [1.807, 2.05) is 42.5 Å².